The minimum Gasteiger partial charge on any atom is -0.444 e. The van der Waals surface area contributed by atoms with Gasteiger partial charge in [-0.25, -0.2) is 9.48 Å². The fourth-order valence-corrected chi connectivity index (χ4v) is 2.30. The zero-order valence-corrected chi connectivity index (χ0v) is 14.5. The molecule has 0 bridgehead atoms. The van der Waals surface area contributed by atoms with Crippen LogP contribution < -0.4 is 5.32 Å². The normalized spacial score (nSPS) is 11.0. The van der Waals surface area contributed by atoms with E-state index in [0.717, 1.165) is 24.2 Å². The SMILES string of the molecule is CCCc1c(NC(=O)OC(C)(C)C)cnn1-c1cccc(C#N)c1. The third-order valence-electron chi connectivity index (χ3n) is 3.21. The van der Waals surface area contributed by atoms with Gasteiger partial charge in [0.2, 0.25) is 0 Å². The van der Waals surface area contributed by atoms with Gasteiger partial charge in [0.25, 0.3) is 0 Å². The molecule has 0 atom stereocenters. The zero-order valence-electron chi connectivity index (χ0n) is 14.5. The molecule has 1 aromatic carbocycles. The summed E-state index contributed by atoms with van der Waals surface area (Å²) in [4.78, 5) is 12.0. The van der Waals surface area contributed by atoms with Crippen molar-refractivity contribution in [3.05, 3.63) is 41.7 Å². The van der Waals surface area contributed by atoms with Crippen LogP contribution in [0.4, 0.5) is 10.5 Å². The predicted molar refractivity (Wildman–Crippen MR) is 92.1 cm³/mol. The number of aromatic nitrogens is 2. The third kappa shape index (κ3) is 4.35. The van der Waals surface area contributed by atoms with Gasteiger partial charge in [-0.05, 0) is 45.4 Å². The van der Waals surface area contributed by atoms with Crippen LogP contribution >= 0.6 is 0 Å². The average molecular weight is 326 g/mol. The van der Waals surface area contributed by atoms with Crippen LogP contribution in [0.25, 0.3) is 5.69 Å². The fourth-order valence-electron chi connectivity index (χ4n) is 2.30. The molecule has 2 rings (SSSR count). The second kappa shape index (κ2) is 7.18. The van der Waals surface area contributed by atoms with Gasteiger partial charge in [0.05, 0.1) is 34.9 Å². The van der Waals surface area contributed by atoms with Crippen molar-refractivity contribution in [2.75, 3.05) is 5.32 Å². The van der Waals surface area contributed by atoms with Crippen molar-refractivity contribution >= 4 is 11.8 Å². The van der Waals surface area contributed by atoms with Crippen molar-refractivity contribution in [2.45, 2.75) is 46.1 Å². The van der Waals surface area contributed by atoms with Gasteiger partial charge in [0, 0.05) is 0 Å². The summed E-state index contributed by atoms with van der Waals surface area (Å²) in [5, 5.41) is 16.2. The maximum Gasteiger partial charge on any atom is 0.412 e. The molecule has 1 N–H and O–H groups in total. The van der Waals surface area contributed by atoms with Gasteiger partial charge in [-0.1, -0.05) is 19.4 Å². The first kappa shape index (κ1) is 17.5. The second-order valence-electron chi connectivity index (χ2n) is 6.46. The monoisotopic (exact) mass is 326 g/mol. The lowest BCUT2D eigenvalue weighted by atomic mass is 10.2. The molecular formula is C18H22N4O2. The van der Waals surface area contributed by atoms with E-state index >= 15 is 0 Å². The van der Waals surface area contributed by atoms with Crippen LogP contribution in [-0.2, 0) is 11.2 Å². The van der Waals surface area contributed by atoms with Crippen molar-refractivity contribution < 1.29 is 9.53 Å². The van der Waals surface area contributed by atoms with E-state index in [2.05, 4.69) is 23.4 Å². The number of nitrogens with zero attached hydrogens (tertiary/aromatic N) is 3. The Morgan fingerprint density at radius 1 is 1.42 bits per heavy atom. The number of carbonyl (C=O) groups is 1. The van der Waals surface area contributed by atoms with E-state index in [1.165, 1.54) is 0 Å². The highest BCUT2D eigenvalue weighted by Crippen LogP contribution is 2.22. The highest BCUT2D eigenvalue weighted by molar-refractivity contribution is 5.85. The Morgan fingerprint density at radius 2 is 2.17 bits per heavy atom. The molecular weight excluding hydrogens is 304 g/mol. The lowest BCUT2D eigenvalue weighted by Crippen LogP contribution is -2.27. The van der Waals surface area contributed by atoms with Crippen LogP contribution in [0.3, 0.4) is 0 Å². The van der Waals surface area contributed by atoms with Crippen molar-refractivity contribution in [1.82, 2.24) is 9.78 Å². The number of amides is 1. The van der Waals surface area contributed by atoms with Gasteiger partial charge >= 0.3 is 6.09 Å². The molecule has 0 unspecified atom stereocenters. The number of anilines is 1. The molecule has 0 aliphatic heterocycles. The molecule has 0 saturated carbocycles. The number of carbonyl (C=O) groups excluding carboxylic acids is 1. The first-order valence-corrected chi connectivity index (χ1v) is 7.91. The molecule has 0 spiro atoms. The van der Waals surface area contributed by atoms with Crippen LogP contribution in [0.1, 0.15) is 45.4 Å². The van der Waals surface area contributed by atoms with Gasteiger partial charge in [0.1, 0.15) is 5.60 Å². The Kier molecular flexibility index (Phi) is 5.24. The van der Waals surface area contributed by atoms with Gasteiger partial charge in [-0.15, -0.1) is 0 Å². The van der Waals surface area contributed by atoms with E-state index in [-0.39, 0.29) is 0 Å². The van der Waals surface area contributed by atoms with Crippen molar-refractivity contribution in [3.8, 4) is 11.8 Å². The molecule has 126 valence electrons. The van der Waals surface area contributed by atoms with E-state index < -0.39 is 11.7 Å². The fraction of sp³-hybridized carbons (Fsp3) is 0.389. The zero-order chi connectivity index (χ0) is 17.7. The Hall–Kier alpha value is -2.81. The quantitative estimate of drug-likeness (QED) is 0.919. The predicted octanol–water partition coefficient (Wildman–Crippen LogP) is 4.04. The molecule has 2 aromatic rings. The summed E-state index contributed by atoms with van der Waals surface area (Å²) in [6, 6.07) is 9.32. The number of hydrogen-bond acceptors (Lipinski definition) is 4. The molecule has 1 aromatic heterocycles. The summed E-state index contributed by atoms with van der Waals surface area (Å²) in [7, 11) is 0. The van der Waals surface area contributed by atoms with Gasteiger partial charge < -0.3 is 4.74 Å². The highest BCUT2D eigenvalue weighted by Gasteiger charge is 2.19. The van der Waals surface area contributed by atoms with E-state index in [9.17, 15) is 4.79 Å². The number of nitrogens with one attached hydrogen (secondary N) is 1. The minimum atomic E-state index is -0.563. The lowest BCUT2D eigenvalue weighted by Gasteiger charge is -2.19. The van der Waals surface area contributed by atoms with Gasteiger partial charge in [-0.2, -0.15) is 10.4 Å². The number of hydrogen-bond donors (Lipinski definition) is 1. The molecule has 0 fully saturated rings. The van der Waals surface area contributed by atoms with E-state index in [1.807, 2.05) is 32.9 Å². The number of rotatable bonds is 4. The van der Waals surface area contributed by atoms with Gasteiger partial charge in [-0.3, -0.25) is 5.32 Å². The minimum absolute atomic E-state index is 0.509. The van der Waals surface area contributed by atoms with E-state index in [0.29, 0.717) is 11.3 Å². The standard InChI is InChI=1S/C18H22N4O2/c1-5-7-16-15(21-17(23)24-18(2,3)4)12-20-22(16)14-9-6-8-13(10-14)11-19/h6,8-10,12H,5,7H2,1-4H3,(H,21,23). The molecule has 24 heavy (non-hydrogen) atoms. The van der Waals surface area contributed by atoms with E-state index in [4.69, 9.17) is 10.00 Å². The third-order valence-corrected chi connectivity index (χ3v) is 3.21. The smallest absolute Gasteiger partial charge is 0.412 e. The summed E-state index contributed by atoms with van der Waals surface area (Å²) in [5.74, 6) is 0. The average Bonchev–Trinajstić information content (AvgIpc) is 2.88. The molecule has 1 amide bonds. The van der Waals surface area contributed by atoms with Crippen LogP contribution in [0.2, 0.25) is 0 Å². The van der Waals surface area contributed by atoms with Gasteiger partial charge in [0.15, 0.2) is 0 Å². The molecule has 6 nitrogen and oxygen atoms in total. The topological polar surface area (TPSA) is 79.9 Å². The summed E-state index contributed by atoms with van der Waals surface area (Å²) < 4.78 is 7.04. The number of ether oxygens (including phenoxy) is 1. The number of nitriles is 1. The summed E-state index contributed by atoms with van der Waals surface area (Å²) in [6.07, 6.45) is 2.73. The van der Waals surface area contributed by atoms with Crippen molar-refractivity contribution in [3.63, 3.8) is 0 Å². The Labute approximate surface area is 142 Å². The highest BCUT2D eigenvalue weighted by atomic mass is 16.6. The summed E-state index contributed by atoms with van der Waals surface area (Å²) in [5.41, 5.74) is 2.28. The largest absolute Gasteiger partial charge is 0.444 e. The Bertz CT molecular complexity index is 766. The molecule has 0 radical (unpaired) electrons. The maximum atomic E-state index is 12.0. The Morgan fingerprint density at radius 3 is 2.79 bits per heavy atom. The molecule has 0 aliphatic carbocycles. The van der Waals surface area contributed by atoms with Crippen molar-refractivity contribution in [1.29, 1.82) is 5.26 Å². The summed E-state index contributed by atoms with van der Waals surface area (Å²) >= 11 is 0. The second-order valence-corrected chi connectivity index (χ2v) is 6.46. The van der Waals surface area contributed by atoms with Crippen molar-refractivity contribution in [2.24, 2.45) is 0 Å². The summed E-state index contributed by atoms with van der Waals surface area (Å²) in [6.45, 7) is 7.50. The molecule has 6 heteroatoms. The first-order chi connectivity index (χ1) is 11.3. The Balaban J connectivity index is 2.33. The molecule has 0 aliphatic rings. The maximum absolute atomic E-state index is 12.0. The van der Waals surface area contributed by atoms with Crippen LogP contribution in [0.5, 0.6) is 0 Å². The lowest BCUT2D eigenvalue weighted by molar-refractivity contribution is 0.0635. The first-order valence-electron chi connectivity index (χ1n) is 7.91. The van der Waals surface area contributed by atoms with Crippen LogP contribution in [0.15, 0.2) is 30.5 Å². The van der Waals surface area contributed by atoms with E-state index in [1.54, 1.807) is 23.0 Å². The van der Waals surface area contributed by atoms with Crippen LogP contribution in [-0.4, -0.2) is 21.5 Å². The molecule has 1 heterocycles. The number of benzene rings is 1. The van der Waals surface area contributed by atoms with Crippen LogP contribution in [0, 0.1) is 11.3 Å². The molecule has 0 saturated heterocycles.